The molecule has 0 amide bonds. The third-order valence-electron chi connectivity index (χ3n) is 5.01. The molecule has 6 aromatic rings. The summed E-state index contributed by atoms with van der Waals surface area (Å²) in [6.45, 7) is 0. The fourth-order valence-electron chi connectivity index (χ4n) is 3.57. The molecular weight excluding hydrogens is 392 g/mol. The lowest BCUT2D eigenvalue weighted by atomic mass is 10.1. The number of aromatic hydroxyl groups is 1. The monoisotopic (exact) mass is 406 g/mol. The van der Waals surface area contributed by atoms with Crippen molar-refractivity contribution in [3.05, 3.63) is 67.4 Å². The summed E-state index contributed by atoms with van der Waals surface area (Å²) < 4.78 is 0. The molecule has 0 saturated heterocycles. The largest absolute Gasteiger partial charge is 0.506 e. The molecule has 0 atom stereocenters. The number of hydrogen-bond acceptors (Lipinski definition) is 7. The SMILES string of the molecule is Oc1cncc(-c2ccc3[nH]nc(-c4nc5c(-c6cccnc6)ccnc5[nH]4)c3n2)c1. The average Bonchev–Trinajstić information content (AvgIpc) is 3.43. The van der Waals surface area contributed by atoms with Crippen molar-refractivity contribution in [2.24, 2.45) is 0 Å². The second kappa shape index (κ2) is 6.70. The van der Waals surface area contributed by atoms with Crippen molar-refractivity contribution in [3.8, 4) is 39.7 Å². The fraction of sp³-hybridized carbons (Fsp3) is 0. The molecule has 9 nitrogen and oxygen atoms in total. The molecule has 0 aromatic carbocycles. The Morgan fingerprint density at radius 3 is 2.65 bits per heavy atom. The highest BCUT2D eigenvalue weighted by Crippen LogP contribution is 2.31. The maximum Gasteiger partial charge on any atom is 0.162 e. The number of H-pyrrole nitrogens is 2. The molecule has 0 aliphatic carbocycles. The Morgan fingerprint density at radius 1 is 0.839 bits per heavy atom. The van der Waals surface area contributed by atoms with Gasteiger partial charge in [0.2, 0.25) is 0 Å². The van der Waals surface area contributed by atoms with Gasteiger partial charge in [-0.1, -0.05) is 6.07 Å². The van der Waals surface area contributed by atoms with Crippen molar-refractivity contribution in [2.75, 3.05) is 0 Å². The summed E-state index contributed by atoms with van der Waals surface area (Å²) in [6, 6.07) is 11.1. The molecule has 9 heteroatoms. The normalized spacial score (nSPS) is 11.4. The van der Waals surface area contributed by atoms with Crippen LogP contribution in [0.3, 0.4) is 0 Å². The van der Waals surface area contributed by atoms with Crippen LogP contribution in [0.25, 0.3) is 56.1 Å². The third kappa shape index (κ3) is 2.87. The Hall–Kier alpha value is -4.66. The number of pyridine rings is 4. The zero-order valence-electron chi connectivity index (χ0n) is 16.0. The number of hydrogen-bond donors (Lipinski definition) is 3. The second-order valence-electron chi connectivity index (χ2n) is 6.98. The van der Waals surface area contributed by atoms with Crippen molar-refractivity contribution >= 4 is 22.2 Å². The number of aromatic nitrogens is 8. The highest BCUT2D eigenvalue weighted by Gasteiger charge is 2.17. The number of rotatable bonds is 3. The van der Waals surface area contributed by atoms with Gasteiger partial charge in [-0.25, -0.2) is 15.0 Å². The zero-order chi connectivity index (χ0) is 20.8. The Bertz CT molecular complexity index is 1550. The number of imidazole rings is 1. The van der Waals surface area contributed by atoms with E-state index in [0.29, 0.717) is 33.9 Å². The predicted octanol–water partition coefficient (Wildman–Crippen LogP) is 3.73. The van der Waals surface area contributed by atoms with E-state index < -0.39 is 0 Å². The quantitative estimate of drug-likeness (QED) is 0.408. The van der Waals surface area contributed by atoms with E-state index >= 15 is 0 Å². The van der Waals surface area contributed by atoms with E-state index in [2.05, 4.69) is 30.1 Å². The Kier molecular flexibility index (Phi) is 3.72. The molecule has 0 radical (unpaired) electrons. The van der Waals surface area contributed by atoms with Gasteiger partial charge in [-0.2, -0.15) is 5.10 Å². The topological polar surface area (TPSA) is 129 Å². The minimum absolute atomic E-state index is 0.0816. The standard InChI is InChI=1S/C22H14N8O/c31-14-8-13(10-24-11-14)16-3-4-17-19(26-16)20(30-29-17)22-27-18-15(5-7-25-21(18)28-22)12-2-1-6-23-9-12/h1-11,31H,(H,29,30)(H,25,27,28). The summed E-state index contributed by atoms with van der Waals surface area (Å²) in [4.78, 5) is 25.4. The van der Waals surface area contributed by atoms with Crippen LogP contribution in [0.2, 0.25) is 0 Å². The fourth-order valence-corrected chi connectivity index (χ4v) is 3.57. The van der Waals surface area contributed by atoms with Crippen molar-refractivity contribution in [2.45, 2.75) is 0 Å². The van der Waals surface area contributed by atoms with Crippen molar-refractivity contribution < 1.29 is 5.11 Å². The summed E-state index contributed by atoms with van der Waals surface area (Å²) in [5.41, 5.74) is 6.66. The molecule has 6 aromatic heterocycles. The van der Waals surface area contributed by atoms with Crippen molar-refractivity contribution in [1.82, 2.24) is 40.1 Å². The van der Waals surface area contributed by atoms with Gasteiger partial charge in [-0.05, 0) is 30.3 Å². The van der Waals surface area contributed by atoms with Crippen LogP contribution < -0.4 is 0 Å². The van der Waals surface area contributed by atoms with E-state index in [0.717, 1.165) is 22.2 Å². The first kappa shape index (κ1) is 17.2. The maximum absolute atomic E-state index is 9.75. The number of fused-ring (bicyclic) bond motifs is 2. The van der Waals surface area contributed by atoms with Gasteiger partial charge in [0.1, 0.15) is 16.8 Å². The highest BCUT2D eigenvalue weighted by atomic mass is 16.3. The lowest BCUT2D eigenvalue weighted by molar-refractivity contribution is 0.473. The van der Waals surface area contributed by atoms with Crippen molar-refractivity contribution in [1.29, 1.82) is 0 Å². The van der Waals surface area contributed by atoms with Gasteiger partial charge in [0, 0.05) is 41.5 Å². The summed E-state index contributed by atoms with van der Waals surface area (Å²) in [5, 5.41) is 17.2. The number of nitrogens with zero attached hydrogens (tertiary/aromatic N) is 6. The summed E-state index contributed by atoms with van der Waals surface area (Å²) >= 11 is 0. The maximum atomic E-state index is 9.75. The molecule has 148 valence electrons. The third-order valence-corrected chi connectivity index (χ3v) is 5.01. The second-order valence-corrected chi connectivity index (χ2v) is 6.98. The molecule has 0 spiro atoms. The summed E-state index contributed by atoms with van der Waals surface area (Å²) in [5.74, 6) is 0.641. The Morgan fingerprint density at radius 2 is 1.77 bits per heavy atom. The van der Waals surface area contributed by atoms with E-state index in [4.69, 9.17) is 9.97 Å². The van der Waals surface area contributed by atoms with E-state index in [9.17, 15) is 5.11 Å². The van der Waals surface area contributed by atoms with Gasteiger partial charge in [0.25, 0.3) is 0 Å². The Balaban J connectivity index is 1.51. The molecule has 6 heterocycles. The molecule has 0 unspecified atom stereocenters. The molecule has 0 aliphatic rings. The van der Waals surface area contributed by atoms with Crippen LogP contribution in [-0.2, 0) is 0 Å². The number of aromatic amines is 2. The lowest BCUT2D eigenvalue weighted by Crippen LogP contribution is -1.87. The van der Waals surface area contributed by atoms with Gasteiger partial charge in [0.15, 0.2) is 17.2 Å². The molecule has 0 aliphatic heterocycles. The van der Waals surface area contributed by atoms with Crippen LogP contribution >= 0.6 is 0 Å². The van der Waals surface area contributed by atoms with Crippen LogP contribution in [0.15, 0.2) is 67.4 Å². The predicted molar refractivity (Wildman–Crippen MR) is 115 cm³/mol. The van der Waals surface area contributed by atoms with Crippen LogP contribution in [0, 0.1) is 0 Å². The molecule has 3 N–H and O–H groups in total. The average molecular weight is 406 g/mol. The first-order valence-electron chi connectivity index (χ1n) is 9.51. The molecule has 0 bridgehead atoms. The summed E-state index contributed by atoms with van der Waals surface area (Å²) in [7, 11) is 0. The molecule has 31 heavy (non-hydrogen) atoms. The van der Waals surface area contributed by atoms with Gasteiger partial charge in [-0.15, -0.1) is 0 Å². The van der Waals surface area contributed by atoms with E-state index in [-0.39, 0.29) is 5.75 Å². The first-order valence-corrected chi connectivity index (χ1v) is 9.51. The zero-order valence-corrected chi connectivity index (χ0v) is 16.0. The van der Waals surface area contributed by atoms with Gasteiger partial charge in [-0.3, -0.25) is 15.1 Å². The molecule has 6 rings (SSSR count). The van der Waals surface area contributed by atoms with E-state index in [1.165, 1.54) is 6.20 Å². The van der Waals surface area contributed by atoms with Crippen LogP contribution in [0.1, 0.15) is 0 Å². The molecule has 0 fully saturated rings. The number of nitrogens with one attached hydrogen (secondary N) is 2. The van der Waals surface area contributed by atoms with E-state index in [1.54, 1.807) is 30.9 Å². The van der Waals surface area contributed by atoms with Gasteiger partial charge >= 0.3 is 0 Å². The Labute approximate surface area is 174 Å². The van der Waals surface area contributed by atoms with E-state index in [1.807, 2.05) is 30.3 Å². The lowest BCUT2D eigenvalue weighted by Gasteiger charge is -2.01. The minimum Gasteiger partial charge on any atom is -0.506 e. The van der Waals surface area contributed by atoms with Gasteiger partial charge < -0.3 is 10.1 Å². The van der Waals surface area contributed by atoms with Crippen LogP contribution in [0.4, 0.5) is 0 Å². The highest BCUT2D eigenvalue weighted by molar-refractivity contribution is 5.94. The smallest absolute Gasteiger partial charge is 0.162 e. The molecular formula is C22H14N8O. The molecule has 0 saturated carbocycles. The van der Waals surface area contributed by atoms with Crippen molar-refractivity contribution in [3.63, 3.8) is 0 Å². The first-order chi connectivity index (χ1) is 15.3. The minimum atomic E-state index is 0.0816. The summed E-state index contributed by atoms with van der Waals surface area (Å²) in [6.07, 6.45) is 8.30. The van der Waals surface area contributed by atoms with Crippen LogP contribution in [0.5, 0.6) is 5.75 Å². The van der Waals surface area contributed by atoms with Gasteiger partial charge in [0.05, 0.1) is 17.4 Å². The van der Waals surface area contributed by atoms with Crippen LogP contribution in [-0.4, -0.2) is 45.2 Å².